The highest BCUT2D eigenvalue weighted by Gasteiger charge is 2.18. The van der Waals surface area contributed by atoms with Gasteiger partial charge in [-0.2, -0.15) is 0 Å². The van der Waals surface area contributed by atoms with E-state index in [1.807, 2.05) is 0 Å². The molecule has 0 radical (unpaired) electrons. The smallest absolute Gasteiger partial charge is 0.0918 e. The van der Waals surface area contributed by atoms with Gasteiger partial charge in [-0.1, -0.05) is 12.8 Å². The summed E-state index contributed by atoms with van der Waals surface area (Å²) < 4.78 is 5.12. The van der Waals surface area contributed by atoms with Gasteiger partial charge in [-0.3, -0.25) is 5.41 Å². The maximum Gasteiger partial charge on any atom is 0.0918 e. The fourth-order valence-electron chi connectivity index (χ4n) is 2.35. The Kier molecular flexibility index (Phi) is 6.42. The van der Waals surface area contributed by atoms with Crippen molar-refractivity contribution in [1.82, 2.24) is 4.90 Å². The topological polar surface area (TPSA) is 62.3 Å². The van der Waals surface area contributed by atoms with Gasteiger partial charge in [-0.05, 0) is 18.8 Å². The molecule has 1 rings (SSSR count). The summed E-state index contributed by atoms with van der Waals surface area (Å²) in [5.74, 6) is 1.14. The van der Waals surface area contributed by atoms with Crippen LogP contribution in [0.3, 0.4) is 0 Å². The van der Waals surface area contributed by atoms with Crippen molar-refractivity contribution >= 4 is 5.84 Å². The van der Waals surface area contributed by atoms with Crippen molar-refractivity contribution in [1.29, 1.82) is 5.41 Å². The molecular weight excluding hydrogens is 202 g/mol. The van der Waals surface area contributed by atoms with Crippen LogP contribution in [-0.2, 0) is 4.74 Å². The molecule has 0 spiro atoms. The van der Waals surface area contributed by atoms with Gasteiger partial charge >= 0.3 is 0 Å². The lowest BCUT2D eigenvalue weighted by molar-refractivity contribution is 0.138. The van der Waals surface area contributed by atoms with Crippen molar-refractivity contribution < 1.29 is 4.74 Å². The van der Waals surface area contributed by atoms with E-state index < -0.39 is 0 Å². The maximum absolute atomic E-state index is 7.27. The number of hydrogen-bond donors (Lipinski definition) is 2. The van der Waals surface area contributed by atoms with Gasteiger partial charge in [0.15, 0.2) is 0 Å². The van der Waals surface area contributed by atoms with Crippen LogP contribution in [0, 0.1) is 11.3 Å². The summed E-state index contributed by atoms with van der Waals surface area (Å²) in [7, 11) is 1.73. The number of ether oxygens (including phenoxy) is 1. The van der Waals surface area contributed by atoms with Gasteiger partial charge in [0, 0.05) is 33.2 Å². The van der Waals surface area contributed by atoms with E-state index in [4.69, 9.17) is 15.9 Å². The molecule has 0 heterocycles. The van der Waals surface area contributed by atoms with E-state index >= 15 is 0 Å². The van der Waals surface area contributed by atoms with Gasteiger partial charge in [-0.25, -0.2) is 0 Å². The summed E-state index contributed by atoms with van der Waals surface area (Å²) in [4.78, 5) is 2.39. The summed E-state index contributed by atoms with van der Waals surface area (Å²) in [6.45, 7) is 3.77. The van der Waals surface area contributed by atoms with E-state index in [9.17, 15) is 0 Å². The van der Waals surface area contributed by atoms with Crippen molar-refractivity contribution in [3.05, 3.63) is 0 Å². The zero-order valence-corrected chi connectivity index (χ0v) is 10.4. The lowest BCUT2D eigenvalue weighted by atomic mass is 10.1. The predicted octanol–water partition coefficient (Wildman–Crippen LogP) is 1.45. The third-order valence-electron chi connectivity index (χ3n) is 3.30. The molecular formula is C12H25N3O. The molecule has 1 aliphatic carbocycles. The summed E-state index contributed by atoms with van der Waals surface area (Å²) in [5.41, 5.74) is 5.40. The van der Waals surface area contributed by atoms with Crippen LogP contribution in [0.1, 0.15) is 32.1 Å². The third-order valence-corrected chi connectivity index (χ3v) is 3.30. The predicted molar refractivity (Wildman–Crippen MR) is 66.8 cm³/mol. The van der Waals surface area contributed by atoms with Gasteiger partial charge in [0.05, 0.1) is 12.4 Å². The van der Waals surface area contributed by atoms with E-state index in [2.05, 4.69) is 4.90 Å². The van der Waals surface area contributed by atoms with Crippen molar-refractivity contribution in [3.8, 4) is 0 Å². The second-order valence-electron chi connectivity index (χ2n) is 4.72. The van der Waals surface area contributed by atoms with Gasteiger partial charge in [-0.15, -0.1) is 0 Å². The molecule has 16 heavy (non-hydrogen) atoms. The Hall–Kier alpha value is -0.610. The summed E-state index contributed by atoms with van der Waals surface area (Å²) in [6, 6.07) is 0. The Morgan fingerprint density at radius 2 is 2.06 bits per heavy atom. The molecule has 0 atom stereocenters. The molecule has 0 amide bonds. The fourth-order valence-corrected chi connectivity index (χ4v) is 2.35. The van der Waals surface area contributed by atoms with Crippen LogP contribution < -0.4 is 5.73 Å². The van der Waals surface area contributed by atoms with Crippen molar-refractivity contribution in [2.24, 2.45) is 11.7 Å². The van der Waals surface area contributed by atoms with Gasteiger partial charge < -0.3 is 15.4 Å². The largest absolute Gasteiger partial charge is 0.388 e. The highest BCUT2D eigenvalue weighted by Crippen LogP contribution is 2.25. The second kappa shape index (κ2) is 7.63. The SMILES string of the molecule is COCCN(CCC(=N)N)CC1CCCC1. The van der Waals surface area contributed by atoms with Crippen molar-refractivity contribution in [2.75, 3.05) is 33.4 Å². The second-order valence-corrected chi connectivity index (χ2v) is 4.72. The van der Waals surface area contributed by atoms with Crippen LogP contribution in [0.5, 0.6) is 0 Å². The minimum Gasteiger partial charge on any atom is -0.388 e. The lowest BCUT2D eigenvalue weighted by Gasteiger charge is -2.24. The molecule has 4 nitrogen and oxygen atoms in total. The number of amidine groups is 1. The van der Waals surface area contributed by atoms with E-state index in [1.165, 1.54) is 25.7 Å². The minimum absolute atomic E-state index is 0.286. The average Bonchev–Trinajstić information content (AvgIpc) is 2.74. The molecule has 0 aliphatic heterocycles. The number of nitrogens with one attached hydrogen (secondary N) is 1. The minimum atomic E-state index is 0.286. The zero-order valence-electron chi connectivity index (χ0n) is 10.4. The standard InChI is InChI=1S/C12H25N3O/c1-16-9-8-15(7-6-12(13)14)10-11-4-2-3-5-11/h11H,2-10H2,1H3,(H3,13,14). The van der Waals surface area contributed by atoms with Crippen LogP contribution in [0.15, 0.2) is 0 Å². The number of nitrogens with two attached hydrogens (primary N) is 1. The van der Waals surface area contributed by atoms with Gasteiger partial charge in [0.2, 0.25) is 0 Å². The van der Waals surface area contributed by atoms with Crippen LogP contribution in [0.25, 0.3) is 0 Å². The number of hydrogen-bond acceptors (Lipinski definition) is 3. The number of rotatable bonds is 8. The monoisotopic (exact) mass is 227 g/mol. The highest BCUT2D eigenvalue weighted by molar-refractivity contribution is 5.76. The van der Waals surface area contributed by atoms with Gasteiger partial charge in [0.25, 0.3) is 0 Å². The molecule has 0 bridgehead atoms. The normalized spacial score (nSPS) is 17.1. The summed E-state index contributed by atoms with van der Waals surface area (Å²) in [5, 5.41) is 7.27. The Bertz CT molecular complexity index is 202. The molecule has 0 unspecified atom stereocenters. The summed E-state index contributed by atoms with van der Waals surface area (Å²) in [6.07, 6.45) is 6.18. The van der Waals surface area contributed by atoms with Gasteiger partial charge in [0.1, 0.15) is 0 Å². The van der Waals surface area contributed by atoms with Crippen LogP contribution in [0.2, 0.25) is 0 Å². The number of nitrogens with zero attached hydrogens (tertiary/aromatic N) is 1. The molecule has 0 saturated heterocycles. The molecule has 0 aromatic heterocycles. The quantitative estimate of drug-likeness (QED) is 0.487. The van der Waals surface area contributed by atoms with Crippen molar-refractivity contribution in [2.45, 2.75) is 32.1 Å². The molecule has 94 valence electrons. The third kappa shape index (κ3) is 5.47. The molecule has 1 fully saturated rings. The highest BCUT2D eigenvalue weighted by atomic mass is 16.5. The first-order valence-electron chi connectivity index (χ1n) is 6.26. The van der Waals surface area contributed by atoms with Crippen molar-refractivity contribution in [3.63, 3.8) is 0 Å². The van der Waals surface area contributed by atoms with E-state index in [0.717, 1.165) is 32.2 Å². The van der Waals surface area contributed by atoms with E-state index in [1.54, 1.807) is 7.11 Å². The van der Waals surface area contributed by atoms with Crippen LogP contribution >= 0.6 is 0 Å². The molecule has 1 saturated carbocycles. The number of methoxy groups -OCH3 is 1. The molecule has 0 aromatic carbocycles. The summed E-state index contributed by atoms with van der Waals surface area (Å²) >= 11 is 0. The Morgan fingerprint density at radius 3 is 2.62 bits per heavy atom. The zero-order chi connectivity index (χ0) is 11.8. The molecule has 3 N–H and O–H groups in total. The first-order valence-corrected chi connectivity index (χ1v) is 6.26. The molecule has 0 aromatic rings. The lowest BCUT2D eigenvalue weighted by Crippen LogP contribution is -2.34. The first kappa shape index (κ1) is 13.5. The average molecular weight is 227 g/mol. The van der Waals surface area contributed by atoms with E-state index in [0.29, 0.717) is 6.42 Å². The molecule has 4 heteroatoms. The van der Waals surface area contributed by atoms with E-state index in [-0.39, 0.29) is 5.84 Å². The Morgan fingerprint density at radius 1 is 1.38 bits per heavy atom. The fraction of sp³-hybridized carbons (Fsp3) is 0.917. The van der Waals surface area contributed by atoms with Crippen LogP contribution in [-0.4, -0.2) is 44.1 Å². The Labute approximate surface area is 98.6 Å². The molecule has 1 aliphatic rings. The van der Waals surface area contributed by atoms with Crippen LogP contribution in [0.4, 0.5) is 0 Å². The maximum atomic E-state index is 7.27. The first-order chi connectivity index (χ1) is 7.72. The Balaban J connectivity index is 2.26.